The number of amides is 2. The van der Waals surface area contributed by atoms with Crippen molar-refractivity contribution in [2.75, 3.05) is 13.1 Å². The Hall–Kier alpha value is -2.14. The summed E-state index contributed by atoms with van der Waals surface area (Å²) in [5.41, 5.74) is 1.95. The Bertz CT molecular complexity index is 806. The van der Waals surface area contributed by atoms with Crippen LogP contribution in [0.4, 0.5) is 0 Å². The van der Waals surface area contributed by atoms with Crippen molar-refractivity contribution < 1.29 is 9.59 Å². The smallest absolute Gasteiger partial charge is 0.226 e. The minimum absolute atomic E-state index is 0.104. The van der Waals surface area contributed by atoms with E-state index in [1.165, 1.54) is 16.0 Å². The van der Waals surface area contributed by atoms with Crippen LogP contribution in [0.15, 0.2) is 41.8 Å². The molecule has 0 bridgehead atoms. The third-order valence-corrected chi connectivity index (χ3v) is 6.51. The number of nitrogens with one attached hydrogen (secondary N) is 1. The number of piperidine rings is 1. The van der Waals surface area contributed by atoms with Crippen molar-refractivity contribution in [1.82, 2.24) is 10.2 Å². The topological polar surface area (TPSA) is 49.4 Å². The fraction of sp³-hybridized carbons (Fsp3) is 0.478. The van der Waals surface area contributed by atoms with Crippen molar-refractivity contribution in [3.8, 4) is 10.4 Å². The molecule has 0 radical (unpaired) electrons. The average Bonchev–Trinajstić information content (AvgIpc) is 3.22. The van der Waals surface area contributed by atoms with E-state index in [1.54, 1.807) is 11.3 Å². The number of hydrogen-bond acceptors (Lipinski definition) is 3. The van der Waals surface area contributed by atoms with E-state index in [4.69, 9.17) is 0 Å². The lowest BCUT2D eigenvalue weighted by molar-refractivity contribution is -0.140. The lowest BCUT2D eigenvalue weighted by atomic mass is 9.72. The molecule has 5 heteroatoms. The molecule has 0 spiro atoms. The van der Waals surface area contributed by atoms with E-state index < -0.39 is 5.41 Å². The highest BCUT2D eigenvalue weighted by Gasteiger charge is 2.42. The van der Waals surface area contributed by atoms with E-state index >= 15 is 0 Å². The molecule has 28 heavy (non-hydrogen) atoms. The summed E-state index contributed by atoms with van der Waals surface area (Å²) < 4.78 is 0. The summed E-state index contributed by atoms with van der Waals surface area (Å²) in [5.74, 6) is 0.295. The molecule has 1 fully saturated rings. The van der Waals surface area contributed by atoms with Crippen LogP contribution in [0.25, 0.3) is 10.4 Å². The maximum absolute atomic E-state index is 13.3. The molecule has 2 aromatic rings. The normalized spacial score (nSPS) is 16.2. The van der Waals surface area contributed by atoms with Crippen molar-refractivity contribution >= 4 is 23.2 Å². The molecule has 3 rings (SSSR count). The Morgan fingerprint density at radius 1 is 1.14 bits per heavy atom. The second kappa shape index (κ2) is 8.91. The van der Waals surface area contributed by atoms with Gasteiger partial charge in [-0.1, -0.05) is 37.3 Å². The number of thiophene rings is 1. The molecular formula is C23H30N2O2S. The van der Waals surface area contributed by atoms with Crippen LogP contribution in [0.5, 0.6) is 0 Å². The van der Waals surface area contributed by atoms with Gasteiger partial charge in [-0.15, -0.1) is 11.3 Å². The molecule has 150 valence electrons. The van der Waals surface area contributed by atoms with Crippen molar-refractivity contribution in [2.45, 2.75) is 52.5 Å². The van der Waals surface area contributed by atoms with Gasteiger partial charge in [0.15, 0.2) is 0 Å². The minimum Gasteiger partial charge on any atom is -0.353 e. The Kier molecular flexibility index (Phi) is 6.55. The molecule has 1 aromatic carbocycles. The van der Waals surface area contributed by atoms with Crippen LogP contribution in [0.3, 0.4) is 0 Å². The molecule has 1 aliphatic rings. The van der Waals surface area contributed by atoms with Gasteiger partial charge >= 0.3 is 0 Å². The summed E-state index contributed by atoms with van der Waals surface area (Å²) in [6.45, 7) is 7.20. The molecule has 0 saturated carbocycles. The number of nitrogens with zero attached hydrogens (tertiary/aromatic N) is 1. The number of rotatable bonds is 6. The van der Waals surface area contributed by atoms with Gasteiger partial charge in [0, 0.05) is 30.4 Å². The predicted molar refractivity (Wildman–Crippen MR) is 115 cm³/mol. The summed E-state index contributed by atoms with van der Waals surface area (Å²) in [6, 6.07) is 12.7. The first kappa shape index (κ1) is 20.6. The van der Waals surface area contributed by atoms with E-state index in [0.29, 0.717) is 38.8 Å². The van der Waals surface area contributed by atoms with Crippen molar-refractivity contribution in [1.29, 1.82) is 0 Å². The zero-order valence-electron chi connectivity index (χ0n) is 17.0. The van der Waals surface area contributed by atoms with Crippen LogP contribution in [-0.4, -0.2) is 35.8 Å². The quantitative estimate of drug-likeness (QED) is 0.779. The number of carbonyl (C=O) groups is 2. The SMILES string of the molecule is CCC(=O)N1CCC(Cc2ccccc2-c2cccs2)(C(=O)NC(C)C)CC1. The zero-order chi connectivity index (χ0) is 20.1. The Morgan fingerprint density at radius 2 is 1.86 bits per heavy atom. The van der Waals surface area contributed by atoms with Crippen molar-refractivity contribution in [2.24, 2.45) is 5.41 Å². The number of likely N-dealkylation sites (tertiary alicyclic amines) is 1. The van der Waals surface area contributed by atoms with Gasteiger partial charge in [-0.3, -0.25) is 9.59 Å². The summed E-state index contributed by atoms with van der Waals surface area (Å²) in [4.78, 5) is 28.5. The zero-order valence-corrected chi connectivity index (χ0v) is 17.8. The maximum Gasteiger partial charge on any atom is 0.226 e. The summed E-state index contributed by atoms with van der Waals surface area (Å²) in [6.07, 6.45) is 2.63. The van der Waals surface area contributed by atoms with Crippen LogP contribution in [0, 0.1) is 5.41 Å². The van der Waals surface area contributed by atoms with Gasteiger partial charge in [-0.2, -0.15) is 0 Å². The van der Waals surface area contributed by atoms with Gasteiger partial charge in [-0.25, -0.2) is 0 Å². The predicted octanol–water partition coefficient (Wildman–Crippen LogP) is 4.50. The second-order valence-corrected chi connectivity index (χ2v) is 8.90. The fourth-order valence-electron chi connectivity index (χ4n) is 4.02. The first-order chi connectivity index (χ1) is 13.4. The molecular weight excluding hydrogens is 368 g/mol. The molecule has 0 unspecified atom stereocenters. The Labute approximate surface area is 172 Å². The molecule has 1 aromatic heterocycles. The van der Waals surface area contributed by atoms with Gasteiger partial charge in [0.2, 0.25) is 11.8 Å². The number of carbonyl (C=O) groups excluding carboxylic acids is 2. The standard InChI is InChI=1S/C23H30N2O2S/c1-4-21(26)25-13-11-23(12-14-25,22(27)24-17(2)3)16-18-8-5-6-9-19(18)20-10-7-15-28-20/h5-10,15,17H,4,11-14,16H2,1-3H3,(H,24,27). The highest BCUT2D eigenvalue weighted by molar-refractivity contribution is 7.13. The lowest BCUT2D eigenvalue weighted by Crippen LogP contribution is -2.52. The highest BCUT2D eigenvalue weighted by atomic mass is 32.1. The van der Waals surface area contributed by atoms with Gasteiger partial charge in [-0.05, 0) is 55.7 Å². The van der Waals surface area contributed by atoms with E-state index in [1.807, 2.05) is 25.7 Å². The van der Waals surface area contributed by atoms with Crippen LogP contribution in [0.1, 0.15) is 45.6 Å². The largest absolute Gasteiger partial charge is 0.353 e. The summed E-state index contributed by atoms with van der Waals surface area (Å²) >= 11 is 1.72. The molecule has 1 N–H and O–H groups in total. The maximum atomic E-state index is 13.3. The van der Waals surface area contributed by atoms with Crippen molar-refractivity contribution in [3.05, 3.63) is 47.3 Å². The molecule has 0 atom stereocenters. The third kappa shape index (κ3) is 4.46. The van der Waals surface area contributed by atoms with Crippen LogP contribution >= 0.6 is 11.3 Å². The Morgan fingerprint density at radius 3 is 2.46 bits per heavy atom. The lowest BCUT2D eigenvalue weighted by Gasteiger charge is -2.41. The van der Waals surface area contributed by atoms with E-state index in [-0.39, 0.29) is 17.9 Å². The van der Waals surface area contributed by atoms with E-state index in [9.17, 15) is 9.59 Å². The minimum atomic E-state index is -0.470. The van der Waals surface area contributed by atoms with Crippen molar-refractivity contribution in [3.63, 3.8) is 0 Å². The number of hydrogen-bond donors (Lipinski definition) is 1. The molecule has 0 aliphatic carbocycles. The molecule has 4 nitrogen and oxygen atoms in total. The van der Waals surface area contributed by atoms with E-state index in [0.717, 1.165) is 0 Å². The van der Waals surface area contributed by atoms with Crippen LogP contribution in [0.2, 0.25) is 0 Å². The molecule has 2 heterocycles. The highest BCUT2D eigenvalue weighted by Crippen LogP contribution is 2.39. The number of benzene rings is 1. The van der Waals surface area contributed by atoms with Gasteiger partial charge in [0.1, 0.15) is 0 Å². The molecule has 1 aliphatic heterocycles. The first-order valence-corrected chi connectivity index (χ1v) is 11.0. The second-order valence-electron chi connectivity index (χ2n) is 7.95. The van der Waals surface area contributed by atoms with Gasteiger partial charge < -0.3 is 10.2 Å². The fourth-order valence-corrected chi connectivity index (χ4v) is 4.81. The van der Waals surface area contributed by atoms with Crippen LogP contribution < -0.4 is 5.32 Å². The van der Waals surface area contributed by atoms with E-state index in [2.05, 4.69) is 47.1 Å². The monoisotopic (exact) mass is 398 g/mol. The summed E-state index contributed by atoms with van der Waals surface area (Å²) in [7, 11) is 0. The molecule has 1 saturated heterocycles. The average molecular weight is 399 g/mol. The van der Waals surface area contributed by atoms with Gasteiger partial charge in [0.25, 0.3) is 0 Å². The third-order valence-electron chi connectivity index (χ3n) is 5.61. The van der Waals surface area contributed by atoms with Crippen LogP contribution in [-0.2, 0) is 16.0 Å². The van der Waals surface area contributed by atoms with Gasteiger partial charge in [0.05, 0.1) is 5.41 Å². The summed E-state index contributed by atoms with van der Waals surface area (Å²) in [5, 5.41) is 5.23. The first-order valence-electron chi connectivity index (χ1n) is 10.2. The molecule has 2 amide bonds. The Balaban J connectivity index is 1.89.